The van der Waals surface area contributed by atoms with Crippen LogP contribution in [0.2, 0.25) is 0 Å². The first-order chi connectivity index (χ1) is 11.7. The molecule has 0 spiro atoms. The van der Waals surface area contributed by atoms with E-state index in [0.717, 1.165) is 6.07 Å². The molecule has 1 amide bonds. The Labute approximate surface area is 148 Å². The van der Waals surface area contributed by atoms with Crippen LogP contribution in [0.4, 0.5) is 8.78 Å². The molecule has 0 aromatic heterocycles. The average Bonchev–Trinajstić information content (AvgIpc) is 2.51. The van der Waals surface area contributed by atoms with Crippen LogP contribution in [-0.2, 0) is 11.2 Å². The van der Waals surface area contributed by atoms with Gasteiger partial charge in [0.05, 0.1) is 6.10 Å². The molecule has 1 aromatic rings. The van der Waals surface area contributed by atoms with Gasteiger partial charge in [-0.2, -0.15) is 0 Å². The lowest BCUT2D eigenvalue weighted by molar-refractivity contribution is -0.124. The number of hydrogen-bond donors (Lipinski definition) is 4. The van der Waals surface area contributed by atoms with E-state index in [9.17, 15) is 18.7 Å². The summed E-state index contributed by atoms with van der Waals surface area (Å²) in [6.45, 7) is 7.06. The summed E-state index contributed by atoms with van der Waals surface area (Å²) in [5, 5.41) is 15.9. The van der Waals surface area contributed by atoms with E-state index in [4.69, 9.17) is 5.73 Å². The van der Waals surface area contributed by atoms with E-state index in [2.05, 4.69) is 10.6 Å². The predicted molar refractivity (Wildman–Crippen MR) is 93.9 cm³/mol. The summed E-state index contributed by atoms with van der Waals surface area (Å²) in [5.41, 5.74) is 6.29. The lowest BCUT2D eigenvalue weighted by Gasteiger charge is -2.21. The quantitative estimate of drug-likeness (QED) is 0.507. The van der Waals surface area contributed by atoms with Gasteiger partial charge < -0.3 is 21.5 Å². The molecule has 0 aliphatic rings. The minimum Gasteiger partial charge on any atom is -0.390 e. The van der Waals surface area contributed by atoms with Gasteiger partial charge in [0, 0.05) is 37.7 Å². The zero-order valence-electron chi connectivity index (χ0n) is 15.1. The smallest absolute Gasteiger partial charge is 0.224 e. The Balaban J connectivity index is 2.35. The molecule has 0 heterocycles. The number of carbonyl (C=O) groups excluding carboxylic acids is 1. The zero-order chi connectivity index (χ0) is 19.0. The predicted octanol–water partition coefficient (Wildman–Crippen LogP) is 1.19. The highest BCUT2D eigenvalue weighted by molar-refractivity contribution is 5.78. The molecule has 5 N–H and O–H groups in total. The van der Waals surface area contributed by atoms with Crippen molar-refractivity contribution in [3.8, 4) is 0 Å². The first-order valence-corrected chi connectivity index (χ1v) is 8.56. The third-order valence-electron chi connectivity index (χ3n) is 3.82. The number of nitrogens with one attached hydrogen (secondary N) is 2. The first-order valence-electron chi connectivity index (χ1n) is 8.56. The number of nitrogens with two attached hydrogens (primary N) is 1. The van der Waals surface area contributed by atoms with Crippen molar-refractivity contribution in [2.45, 2.75) is 39.3 Å². The molecule has 25 heavy (non-hydrogen) atoms. The summed E-state index contributed by atoms with van der Waals surface area (Å²) in [7, 11) is 0. The van der Waals surface area contributed by atoms with Crippen molar-refractivity contribution in [2.24, 2.45) is 17.6 Å². The maximum atomic E-state index is 13.2. The number of halogens is 2. The number of aliphatic hydroxyl groups is 1. The highest BCUT2D eigenvalue weighted by Crippen LogP contribution is 2.10. The molecule has 0 bridgehead atoms. The van der Waals surface area contributed by atoms with Gasteiger partial charge in [0.2, 0.25) is 5.91 Å². The summed E-state index contributed by atoms with van der Waals surface area (Å²) < 4.78 is 26.3. The Hall–Kier alpha value is -1.57. The van der Waals surface area contributed by atoms with Crippen LogP contribution in [0.15, 0.2) is 18.2 Å². The Morgan fingerprint density at radius 3 is 2.28 bits per heavy atom. The molecule has 3 atom stereocenters. The van der Waals surface area contributed by atoms with Crippen molar-refractivity contribution in [2.75, 3.05) is 19.6 Å². The van der Waals surface area contributed by atoms with Crippen molar-refractivity contribution in [3.05, 3.63) is 35.4 Å². The lowest BCUT2D eigenvalue weighted by Crippen LogP contribution is -2.45. The van der Waals surface area contributed by atoms with Gasteiger partial charge in [-0.3, -0.25) is 4.79 Å². The van der Waals surface area contributed by atoms with Crippen LogP contribution in [-0.4, -0.2) is 42.8 Å². The Kier molecular flexibility index (Phi) is 8.96. The number of hydrogen-bond acceptors (Lipinski definition) is 4. The van der Waals surface area contributed by atoms with E-state index in [1.807, 2.05) is 13.8 Å². The number of benzene rings is 1. The zero-order valence-corrected chi connectivity index (χ0v) is 15.1. The molecule has 0 saturated carbocycles. The number of aliphatic hydroxyl groups excluding tert-OH is 1. The van der Waals surface area contributed by atoms with Crippen LogP contribution in [0, 0.1) is 23.5 Å². The first kappa shape index (κ1) is 21.5. The van der Waals surface area contributed by atoms with Crippen LogP contribution >= 0.6 is 0 Å². The van der Waals surface area contributed by atoms with E-state index < -0.39 is 23.8 Å². The molecule has 0 radical (unpaired) electrons. The number of amides is 1. The summed E-state index contributed by atoms with van der Waals surface area (Å²) in [4.78, 5) is 11.9. The Morgan fingerprint density at radius 1 is 1.12 bits per heavy atom. The third-order valence-corrected chi connectivity index (χ3v) is 3.82. The van der Waals surface area contributed by atoms with E-state index >= 15 is 0 Å². The van der Waals surface area contributed by atoms with Crippen molar-refractivity contribution < 1.29 is 18.7 Å². The van der Waals surface area contributed by atoms with E-state index in [1.54, 1.807) is 6.92 Å². The number of rotatable bonds is 10. The standard InChI is InChI=1S/C18H29F2N3O2/c1-11(2)8-23-18(25)12(3)9-22-10-17(24)16(21)6-13-4-14(19)7-15(20)5-13/h4-5,7,11-12,16-17,22,24H,6,8-10,21H2,1-3H3,(H,23,25)/t12?,16-,17+/m0/s1. The molecular weight excluding hydrogens is 328 g/mol. The van der Waals surface area contributed by atoms with E-state index in [-0.39, 0.29) is 24.8 Å². The largest absolute Gasteiger partial charge is 0.390 e. The van der Waals surface area contributed by atoms with Crippen molar-refractivity contribution in [1.29, 1.82) is 0 Å². The Morgan fingerprint density at radius 2 is 1.72 bits per heavy atom. The molecule has 5 nitrogen and oxygen atoms in total. The molecule has 0 aliphatic carbocycles. The average molecular weight is 357 g/mol. The molecule has 0 saturated heterocycles. The minimum absolute atomic E-state index is 0.0461. The van der Waals surface area contributed by atoms with Crippen LogP contribution < -0.4 is 16.4 Å². The van der Waals surface area contributed by atoms with Gasteiger partial charge in [-0.05, 0) is 30.0 Å². The van der Waals surface area contributed by atoms with Crippen molar-refractivity contribution in [3.63, 3.8) is 0 Å². The molecular formula is C18H29F2N3O2. The molecule has 1 rings (SSSR count). The van der Waals surface area contributed by atoms with E-state index in [1.165, 1.54) is 12.1 Å². The maximum absolute atomic E-state index is 13.2. The lowest BCUT2D eigenvalue weighted by atomic mass is 10.0. The number of carbonyl (C=O) groups is 1. The van der Waals surface area contributed by atoms with Gasteiger partial charge >= 0.3 is 0 Å². The fourth-order valence-electron chi connectivity index (χ4n) is 2.31. The van der Waals surface area contributed by atoms with Gasteiger partial charge in [0.15, 0.2) is 0 Å². The second-order valence-corrected chi connectivity index (χ2v) is 6.91. The van der Waals surface area contributed by atoms with Gasteiger partial charge in [-0.25, -0.2) is 8.78 Å². The fourth-order valence-corrected chi connectivity index (χ4v) is 2.31. The minimum atomic E-state index is -0.891. The summed E-state index contributed by atoms with van der Waals surface area (Å²) in [5.74, 6) is -1.24. The fraction of sp³-hybridized carbons (Fsp3) is 0.611. The van der Waals surface area contributed by atoms with Crippen molar-refractivity contribution >= 4 is 5.91 Å². The molecule has 1 aromatic carbocycles. The van der Waals surface area contributed by atoms with Gasteiger partial charge in [-0.1, -0.05) is 20.8 Å². The van der Waals surface area contributed by atoms with Crippen LogP contribution in [0.25, 0.3) is 0 Å². The Bertz CT molecular complexity index is 535. The summed E-state index contributed by atoms with van der Waals surface area (Å²) in [6.07, 6.45) is -0.737. The highest BCUT2D eigenvalue weighted by Gasteiger charge is 2.18. The normalized spacial score (nSPS) is 15.0. The molecule has 7 heteroatoms. The van der Waals surface area contributed by atoms with Crippen molar-refractivity contribution in [1.82, 2.24) is 10.6 Å². The van der Waals surface area contributed by atoms with Gasteiger partial charge in [-0.15, -0.1) is 0 Å². The molecule has 0 fully saturated rings. The topological polar surface area (TPSA) is 87.4 Å². The third kappa shape index (κ3) is 8.38. The highest BCUT2D eigenvalue weighted by atomic mass is 19.1. The summed E-state index contributed by atoms with van der Waals surface area (Å²) in [6, 6.07) is 2.52. The maximum Gasteiger partial charge on any atom is 0.224 e. The SMILES string of the molecule is CC(C)CNC(=O)C(C)CNC[C@@H](O)[C@@H](N)Cc1cc(F)cc(F)c1. The van der Waals surface area contributed by atoms with Gasteiger partial charge in [0.25, 0.3) is 0 Å². The molecule has 142 valence electrons. The van der Waals surface area contributed by atoms with Gasteiger partial charge in [0.1, 0.15) is 11.6 Å². The monoisotopic (exact) mass is 357 g/mol. The van der Waals surface area contributed by atoms with E-state index in [0.29, 0.717) is 24.6 Å². The van der Waals surface area contributed by atoms with Crippen LogP contribution in [0.3, 0.4) is 0 Å². The molecule has 0 aliphatic heterocycles. The second-order valence-electron chi connectivity index (χ2n) is 6.91. The van der Waals surface area contributed by atoms with Crippen LogP contribution in [0.1, 0.15) is 26.3 Å². The van der Waals surface area contributed by atoms with Crippen LogP contribution in [0.5, 0.6) is 0 Å². The second kappa shape index (κ2) is 10.4. The molecule has 1 unspecified atom stereocenters. The summed E-state index contributed by atoms with van der Waals surface area (Å²) >= 11 is 0.